The minimum Gasteiger partial charge on any atom is -0.360 e. The van der Waals surface area contributed by atoms with Crippen LogP contribution in [0.3, 0.4) is 0 Å². The number of carbonyl (C=O) groups excluding carboxylic acids is 1. The summed E-state index contributed by atoms with van der Waals surface area (Å²) in [5, 5.41) is 6.51. The van der Waals surface area contributed by atoms with Crippen molar-refractivity contribution in [3.05, 3.63) is 46.6 Å². The molecule has 0 unspecified atom stereocenters. The maximum absolute atomic E-state index is 13.2. The van der Waals surface area contributed by atoms with Gasteiger partial charge in [-0.1, -0.05) is 12.1 Å². The Morgan fingerprint density at radius 1 is 1.42 bits per heavy atom. The third-order valence-electron chi connectivity index (χ3n) is 2.90. The zero-order chi connectivity index (χ0) is 14.0. The van der Waals surface area contributed by atoms with Crippen LogP contribution in [0.4, 0.5) is 10.1 Å². The van der Waals surface area contributed by atoms with E-state index in [9.17, 15) is 9.18 Å². The molecule has 0 spiro atoms. The van der Waals surface area contributed by atoms with Crippen LogP contribution in [0.15, 0.2) is 22.7 Å². The standard InChI is InChI=1S/C14H15FN2O2/c1-4-12-13(9(3)17-19-12)14(18)16-10-5-6-11(15)8(2)7-10/h5-7H,4H2,1-3H3,(H,16,18). The Bertz CT molecular complexity index is 620. The number of amides is 1. The van der Waals surface area contributed by atoms with E-state index in [0.29, 0.717) is 34.7 Å². The lowest BCUT2D eigenvalue weighted by molar-refractivity contribution is 0.102. The lowest BCUT2D eigenvalue weighted by atomic mass is 10.1. The predicted octanol–water partition coefficient (Wildman–Crippen LogP) is 3.25. The van der Waals surface area contributed by atoms with E-state index >= 15 is 0 Å². The van der Waals surface area contributed by atoms with Gasteiger partial charge in [0.15, 0.2) is 0 Å². The molecule has 0 radical (unpaired) electrons. The molecule has 19 heavy (non-hydrogen) atoms. The van der Waals surface area contributed by atoms with Crippen molar-refractivity contribution in [2.75, 3.05) is 5.32 Å². The van der Waals surface area contributed by atoms with Crippen LogP contribution in [0.5, 0.6) is 0 Å². The predicted molar refractivity (Wildman–Crippen MR) is 69.7 cm³/mol. The number of nitrogens with one attached hydrogen (secondary N) is 1. The van der Waals surface area contributed by atoms with E-state index in [2.05, 4.69) is 10.5 Å². The van der Waals surface area contributed by atoms with Gasteiger partial charge in [0.1, 0.15) is 17.1 Å². The number of benzene rings is 1. The summed E-state index contributed by atoms with van der Waals surface area (Å²) in [5.41, 5.74) is 2.03. The minimum absolute atomic E-state index is 0.290. The smallest absolute Gasteiger partial charge is 0.261 e. The van der Waals surface area contributed by atoms with Crippen LogP contribution in [0.25, 0.3) is 0 Å². The van der Waals surface area contributed by atoms with Crippen molar-refractivity contribution in [3.8, 4) is 0 Å². The quantitative estimate of drug-likeness (QED) is 0.923. The Labute approximate surface area is 110 Å². The second-order valence-electron chi connectivity index (χ2n) is 4.34. The average molecular weight is 262 g/mol. The van der Waals surface area contributed by atoms with Gasteiger partial charge in [0.25, 0.3) is 5.91 Å². The van der Waals surface area contributed by atoms with E-state index in [1.807, 2.05) is 6.92 Å². The number of anilines is 1. The van der Waals surface area contributed by atoms with Crippen molar-refractivity contribution < 1.29 is 13.7 Å². The molecule has 4 nitrogen and oxygen atoms in total. The van der Waals surface area contributed by atoms with E-state index in [1.54, 1.807) is 19.9 Å². The fourth-order valence-corrected chi connectivity index (χ4v) is 1.86. The van der Waals surface area contributed by atoms with Gasteiger partial charge in [-0.25, -0.2) is 4.39 Å². The average Bonchev–Trinajstić information content (AvgIpc) is 2.75. The third-order valence-corrected chi connectivity index (χ3v) is 2.90. The zero-order valence-corrected chi connectivity index (χ0v) is 11.1. The Morgan fingerprint density at radius 2 is 2.16 bits per heavy atom. The molecule has 1 aromatic heterocycles. The molecule has 0 aliphatic carbocycles. The van der Waals surface area contributed by atoms with Gasteiger partial charge in [-0.3, -0.25) is 4.79 Å². The first-order chi connectivity index (χ1) is 9.02. The zero-order valence-electron chi connectivity index (χ0n) is 11.1. The van der Waals surface area contributed by atoms with E-state index in [1.165, 1.54) is 12.1 Å². The van der Waals surface area contributed by atoms with E-state index in [4.69, 9.17) is 4.52 Å². The molecule has 0 saturated heterocycles. The maximum Gasteiger partial charge on any atom is 0.261 e. The second kappa shape index (κ2) is 5.22. The fraction of sp³-hybridized carbons (Fsp3) is 0.286. The number of hydrogen-bond donors (Lipinski definition) is 1. The highest BCUT2D eigenvalue weighted by Crippen LogP contribution is 2.18. The molecule has 5 heteroatoms. The fourth-order valence-electron chi connectivity index (χ4n) is 1.86. The van der Waals surface area contributed by atoms with Crippen LogP contribution in [-0.2, 0) is 6.42 Å². The van der Waals surface area contributed by atoms with E-state index < -0.39 is 0 Å². The summed E-state index contributed by atoms with van der Waals surface area (Å²) in [5.74, 6) is -0.0381. The molecule has 0 aliphatic rings. The molecule has 1 aromatic carbocycles. The van der Waals surface area contributed by atoms with Crippen LogP contribution in [0.1, 0.15) is 34.3 Å². The minimum atomic E-state index is -0.298. The lowest BCUT2D eigenvalue weighted by Crippen LogP contribution is -2.14. The van der Waals surface area contributed by atoms with Crippen molar-refractivity contribution >= 4 is 11.6 Å². The summed E-state index contributed by atoms with van der Waals surface area (Å²) in [6, 6.07) is 4.43. The number of rotatable bonds is 3. The molecule has 2 aromatic rings. The Morgan fingerprint density at radius 3 is 2.79 bits per heavy atom. The first-order valence-electron chi connectivity index (χ1n) is 6.05. The molecule has 1 heterocycles. The van der Waals surface area contributed by atoms with Gasteiger partial charge in [-0.2, -0.15) is 0 Å². The third kappa shape index (κ3) is 2.65. The van der Waals surface area contributed by atoms with Crippen LogP contribution < -0.4 is 5.32 Å². The monoisotopic (exact) mass is 262 g/mol. The summed E-state index contributed by atoms with van der Waals surface area (Å²) in [6.07, 6.45) is 0.589. The molecule has 0 aliphatic heterocycles. The van der Waals surface area contributed by atoms with Gasteiger partial charge < -0.3 is 9.84 Å². The van der Waals surface area contributed by atoms with E-state index in [-0.39, 0.29) is 11.7 Å². The van der Waals surface area contributed by atoms with Crippen molar-refractivity contribution in [2.24, 2.45) is 0 Å². The van der Waals surface area contributed by atoms with Crippen LogP contribution in [0.2, 0.25) is 0 Å². The Balaban J connectivity index is 2.25. The molecule has 100 valence electrons. The molecule has 1 N–H and O–H groups in total. The highest BCUT2D eigenvalue weighted by Gasteiger charge is 2.19. The van der Waals surface area contributed by atoms with Gasteiger partial charge in [0.2, 0.25) is 0 Å². The Kier molecular flexibility index (Phi) is 3.64. The number of aryl methyl sites for hydroxylation is 3. The van der Waals surface area contributed by atoms with Crippen LogP contribution in [-0.4, -0.2) is 11.1 Å². The summed E-state index contributed by atoms with van der Waals surface area (Å²) in [7, 11) is 0. The molecule has 1 amide bonds. The topological polar surface area (TPSA) is 55.1 Å². The second-order valence-corrected chi connectivity index (χ2v) is 4.34. The van der Waals surface area contributed by atoms with Crippen molar-refractivity contribution in [1.82, 2.24) is 5.16 Å². The molecular weight excluding hydrogens is 247 g/mol. The number of carbonyl (C=O) groups is 1. The molecule has 0 bridgehead atoms. The molecule has 0 atom stereocenters. The van der Waals surface area contributed by atoms with E-state index in [0.717, 1.165) is 0 Å². The maximum atomic E-state index is 13.2. The van der Waals surface area contributed by atoms with Crippen molar-refractivity contribution in [2.45, 2.75) is 27.2 Å². The summed E-state index contributed by atoms with van der Waals surface area (Å²) in [6.45, 7) is 5.25. The van der Waals surface area contributed by atoms with Crippen molar-refractivity contribution in [1.29, 1.82) is 0 Å². The summed E-state index contributed by atoms with van der Waals surface area (Å²) in [4.78, 5) is 12.2. The Hall–Kier alpha value is -2.17. The van der Waals surface area contributed by atoms with Gasteiger partial charge in [0.05, 0.1) is 5.69 Å². The molecule has 0 saturated carbocycles. The van der Waals surface area contributed by atoms with Gasteiger partial charge in [0, 0.05) is 12.1 Å². The number of aromatic nitrogens is 1. The van der Waals surface area contributed by atoms with Crippen molar-refractivity contribution in [3.63, 3.8) is 0 Å². The normalized spacial score (nSPS) is 10.5. The number of hydrogen-bond acceptors (Lipinski definition) is 3. The first kappa shape index (κ1) is 13.3. The first-order valence-corrected chi connectivity index (χ1v) is 6.05. The van der Waals surface area contributed by atoms with Crippen LogP contribution in [0, 0.1) is 19.7 Å². The molecule has 2 rings (SSSR count). The van der Waals surface area contributed by atoms with Gasteiger partial charge in [-0.05, 0) is 37.6 Å². The van der Waals surface area contributed by atoms with Gasteiger partial charge in [-0.15, -0.1) is 0 Å². The largest absolute Gasteiger partial charge is 0.360 e. The lowest BCUT2D eigenvalue weighted by Gasteiger charge is -2.06. The molecular formula is C14H15FN2O2. The summed E-state index contributed by atoms with van der Waals surface area (Å²) >= 11 is 0. The summed E-state index contributed by atoms with van der Waals surface area (Å²) < 4.78 is 18.2. The number of halogens is 1. The highest BCUT2D eigenvalue weighted by molar-refractivity contribution is 6.05. The highest BCUT2D eigenvalue weighted by atomic mass is 19.1. The van der Waals surface area contributed by atoms with Gasteiger partial charge >= 0.3 is 0 Å². The van der Waals surface area contributed by atoms with Crippen LogP contribution >= 0.6 is 0 Å². The molecule has 0 fully saturated rings. The number of nitrogens with zero attached hydrogens (tertiary/aromatic N) is 1. The SMILES string of the molecule is CCc1onc(C)c1C(=O)Nc1ccc(F)c(C)c1.